The summed E-state index contributed by atoms with van der Waals surface area (Å²) in [6, 6.07) is 0. The first-order valence-electron chi connectivity index (χ1n) is 6.53. The summed E-state index contributed by atoms with van der Waals surface area (Å²) in [5.41, 5.74) is 2.18. The Morgan fingerprint density at radius 3 is 2.71 bits per heavy atom. The maximum Gasteiger partial charge on any atom is 0.162 e. The fourth-order valence-corrected chi connectivity index (χ4v) is 2.96. The highest BCUT2D eigenvalue weighted by Gasteiger charge is 2.40. The van der Waals surface area contributed by atoms with Crippen molar-refractivity contribution in [3.63, 3.8) is 0 Å². The number of Topliss-reactive ketones (excluding diaryl/α,β-unsaturated/α-hetero) is 1. The van der Waals surface area contributed by atoms with Crippen molar-refractivity contribution in [2.75, 3.05) is 0 Å². The summed E-state index contributed by atoms with van der Waals surface area (Å²) in [6.07, 6.45) is 4.28. The van der Waals surface area contributed by atoms with Gasteiger partial charge in [0.15, 0.2) is 5.78 Å². The van der Waals surface area contributed by atoms with Crippen LogP contribution in [0.2, 0.25) is 0 Å². The number of allylic oxidation sites excluding steroid dienone is 3. The number of carbonyl (C=O) groups is 1. The van der Waals surface area contributed by atoms with Crippen LogP contribution >= 0.6 is 0 Å². The predicted molar refractivity (Wildman–Crippen MR) is 68.6 cm³/mol. The SMILES string of the molecule is CC(C)C1=CC2=C(C(=O)CC2C)C(C)(O)CC1. The second-order valence-corrected chi connectivity index (χ2v) is 6.01. The molecule has 0 aliphatic heterocycles. The predicted octanol–water partition coefficient (Wildman–Crippen LogP) is 3.02. The molecule has 2 unspecified atom stereocenters. The van der Waals surface area contributed by atoms with Crippen LogP contribution in [0.5, 0.6) is 0 Å². The molecule has 2 heteroatoms. The van der Waals surface area contributed by atoms with Crippen molar-refractivity contribution < 1.29 is 9.90 Å². The summed E-state index contributed by atoms with van der Waals surface area (Å²) in [5.74, 6) is 0.884. The van der Waals surface area contributed by atoms with Gasteiger partial charge in [-0.15, -0.1) is 0 Å². The monoisotopic (exact) mass is 234 g/mol. The lowest BCUT2D eigenvalue weighted by Crippen LogP contribution is -2.30. The van der Waals surface area contributed by atoms with Gasteiger partial charge in [0.1, 0.15) is 0 Å². The Kier molecular flexibility index (Phi) is 3.03. The molecule has 0 spiro atoms. The van der Waals surface area contributed by atoms with Crippen molar-refractivity contribution in [2.24, 2.45) is 11.8 Å². The summed E-state index contributed by atoms with van der Waals surface area (Å²) in [7, 11) is 0. The molecule has 0 fully saturated rings. The third-order valence-corrected chi connectivity index (χ3v) is 4.11. The van der Waals surface area contributed by atoms with Gasteiger partial charge in [-0.1, -0.05) is 32.4 Å². The Morgan fingerprint density at radius 1 is 1.47 bits per heavy atom. The number of aliphatic hydroxyl groups is 1. The van der Waals surface area contributed by atoms with E-state index in [2.05, 4.69) is 26.8 Å². The maximum absolute atomic E-state index is 12.0. The third-order valence-electron chi connectivity index (χ3n) is 4.11. The van der Waals surface area contributed by atoms with Crippen LogP contribution in [0.4, 0.5) is 0 Å². The molecule has 0 saturated carbocycles. The Hall–Kier alpha value is -0.890. The highest BCUT2D eigenvalue weighted by atomic mass is 16.3. The molecule has 0 saturated heterocycles. The van der Waals surface area contributed by atoms with Crippen LogP contribution in [0.15, 0.2) is 22.8 Å². The van der Waals surface area contributed by atoms with Crippen molar-refractivity contribution in [2.45, 2.75) is 52.6 Å². The Balaban J connectivity index is 2.52. The highest BCUT2D eigenvalue weighted by molar-refractivity contribution is 6.01. The van der Waals surface area contributed by atoms with Crippen molar-refractivity contribution in [3.8, 4) is 0 Å². The molecule has 17 heavy (non-hydrogen) atoms. The fraction of sp³-hybridized carbons (Fsp3) is 0.667. The number of hydrogen-bond acceptors (Lipinski definition) is 2. The average molecular weight is 234 g/mol. The molecular formula is C15H22O2. The molecule has 2 atom stereocenters. The minimum atomic E-state index is -0.940. The van der Waals surface area contributed by atoms with Crippen LogP contribution in [0, 0.1) is 11.8 Å². The normalized spacial score (nSPS) is 33.9. The van der Waals surface area contributed by atoms with Crippen LogP contribution < -0.4 is 0 Å². The van der Waals surface area contributed by atoms with Crippen molar-refractivity contribution >= 4 is 5.78 Å². The lowest BCUT2D eigenvalue weighted by atomic mass is 9.88. The number of hydrogen-bond donors (Lipinski definition) is 1. The Bertz CT molecular complexity index is 411. The molecular weight excluding hydrogens is 212 g/mol. The maximum atomic E-state index is 12.0. The molecule has 2 rings (SSSR count). The highest BCUT2D eigenvalue weighted by Crippen LogP contribution is 2.42. The largest absolute Gasteiger partial charge is 0.385 e. The minimum Gasteiger partial charge on any atom is -0.385 e. The summed E-state index contributed by atoms with van der Waals surface area (Å²) in [4.78, 5) is 12.0. The first-order chi connectivity index (χ1) is 7.83. The molecule has 2 aliphatic carbocycles. The lowest BCUT2D eigenvalue weighted by Gasteiger charge is -2.24. The van der Waals surface area contributed by atoms with E-state index < -0.39 is 5.60 Å². The summed E-state index contributed by atoms with van der Waals surface area (Å²) in [5, 5.41) is 10.5. The van der Waals surface area contributed by atoms with Crippen molar-refractivity contribution in [1.29, 1.82) is 0 Å². The van der Waals surface area contributed by atoms with Gasteiger partial charge in [0, 0.05) is 12.0 Å². The molecule has 0 aromatic rings. The number of ketones is 1. The molecule has 1 N–H and O–H groups in total. The van der Waals surface area contributed by atoms with E-state index in [0.717, 1.165) is 12.0 Å². The van der Waals surface area contributed by atoms with E-state index in [1.807, 2.05) is 0 Å². The zero-order valence-corrected chi connectivity index (χ0v) is 11.2. The third kappa shape index (κ3) is 2.11. The lowest BCUT2D eigenvalue weighted by molar-refractivity contribution is -0.117. The number of carbonyl (C=O) groups excluding carboxylic acids is 1. The second kappa shape index (κ2) is 4.09. The van der Waals surface area contributed by atoms with Crippen molar-refractivity contribution in [3.05, 3.63) is 22.8 Å². The van der Waals surface area contributed by atoms with Crippen LogP contribution in [0.3, 0.4) is 0 Å². The first-order valence-corrected chi connectivity index (χ1v) is 6.53. The molecule has 0 bridgehead atoms. The zero-order valence-electron chi connectivity index (χ0n) is 11.2. The van der Waals surface area contributed by atoms with Gasteiger partial charge in [-0.05, 0) is 37.2 Å². The van der Waals surface area contributed by atoms with Gasteiger partial charge in [-0.2, -0.15) is 0 Å². The van der Waals surface area contributed by atoms with Gasteiger partial charge in [0.2, 0.25) is 0 Å². The van der Waals surface area contributed by atoms with Gasteiger partial charge in [-0.3, -0.25) is 4.79 Å². The molecule has 2 nitrogen and oxygen atoms in total. The fourth-order valence-electron chi connectivity index (χ4n) is 2.96. The molecule has 94 valence electrons. The average Bonchev–Trinajstić information content (AvgIpc) is 2.40. The molecule has 0 heterocycles. The summed E-state index contributed by atoms with van der Waals surface area (Å²) < 4.78 is 0. The topological polar surface area (TPSA) is 37.3 Å². The van der Waals surface area contributed by atoms with Gasteiger partial charge >= 0.3 is 0 Å². The van der Waals surface area contributed by atoms with E-state index in [4.69, 9.17) is 0 Å². The van der Waals surface area contributed by atoms with Crippen LogP contribution in [0.1, 0.15) is 47.0 Å². The van der Waals surface area contributed by atoms with E-state index in [0.29, 0.717) is 24.3 Å². The smallest absolute Gasteiger partial charge is 0.162 e. The van der Waals surface area contributed by atoms with Gasteiger partial charge in [0.25, 0.3) is 0 Å². The van der Waals surface area contributed by atoms with Gasteiger partial charge in [-0.25, -0.2) is 0 Å². The van der Waals surface area contributed by atoms with Crippen LogP contribution in [0.25, 0.3) is 0 Å². The molecule has 0 radical (unpaired) electrons. The van der Waals surface area contributed by atoms with Gasteiger partial charge < -0.3 is 5.11 Å². The molecule has 0 amide bonds. The Morgan fingerprint density at radius 2 is 2.12 bits per heavy atom. The quantitative estimate of drug-likeness (QED) is 0.757. The molecule has 0 aromatic heterocycles. The Labute approximate surface area is 103 Å². The standard InChI is InChI=1S/C15H22O2/c1-9(2)11-5-6-15(4,17)14-12(8-11)10(3)7-13(14)16/h8-10,17H,5-7H2,1-4H3. The minimum absolute atomic E-state index is 0.138. The van der Waals surface area contributed by atoms with Crippen molar-refractivity contribution in [1.82, 2.24) is 0 Å². The van der Waals surface area contributed by atoms with E-state index in [9.17, 15) is 9.90 Å². The van der Waals surface area contributed by atoms with Crippen LogP contribution in [-0.4, -0.2) is 16.5 Å². The number of rotatable bonds is 1. The molecule has 2 aliphatic rings. The van der Waals surface area contributed by atoms with E-state index in [1.54, 1.807) is 6.92 Å². The first kappa shape index (κ1) is 12.6. The second-order valence-electron chi connectivity index (χ2n) is 6.01. The van der Waals surface area contributed by atoms with E-state index in [-0.39, 0.29) is 11.7 Å². The molecule has 0 aromatic carbocycles. The van der Waals surface area contributed by atoms with Crippen LogP contribution in [-0.2, 0) is 4.79 Å². The van der Waals surface area contributed by atoms with Gasteiger partial charge in [0.05, 0.1) is 5.60 Å². The zero-order chi connectivity index (χ0) is 12.8. The van der Waals surface area contributed by atoms with E-state index >= 15 is 0 Å². The van der Waals surface area contributed by atoms with E-state index in [1.165, 1.54) is 5.57 Å². The summed E-state index contributed by atoms with van der Waals surface area (Å²) in [6.45, 7) is 8.21. The summed E-state index contributed by atoms with van der Waals surface area (Å²) >= 11 is 0.